The van der Waals surface area contributed by atoms with Crippen LogP contribution in [0.25, 0.3) is 0 Å². The summed E-state index contributed by atoms with van der Waals surface area (Å²) in [6, 6.07) is 0. The first-order valence-electron chi connectivity index (χ1n) is 21.8. The van der Waals surface area contributed by atoms with Gasteiger partial charge in [0.25, 0.3) is 0 Å². The molecule has 0 aliphatic carbocycles. The summed E-state index contributed by atoms with van der Waals surface area (Å²) in [4.78, 5) is 12.2. The number of rotatable bonds is 39. The molecule has 0 aromatic heterocycles. The molecule has 1 unspecified atom stereocenters. The highest BCUT2D eigenvalue weighted by Crippen LogP contribution is 2.11. The van der Waals surface area contributed by atoms with Gasteiger partial charge in [-0.1, -0.05) is 175 Å². The molecule has 0 aliphatic heterocycles. The number of hydrogen-bond donors (Lipinski definition) is 1. The molecule has 0 rings (SSSR count). The summed E-state index contributed by atoms with van der Waals surface area (Å²) >= 11 is 0. The van der Waals surface area contributed by atoms with Crippen molar-refractivity contribution in [2.24, 2.45) is 0 Å². The third-order valence-electron chi connectivity index (χ3n) is 8.89. The Morgan fingerprint density at radius 2 is 0.849 bits per heavy atom. The largest absolute Gasteiger partial charge is 0.457 e. The van der Waals surface area contributed by atoms with Crippen LogP contribution < -0.4 is 0 Å². The number of unbranched alkanes of at least 4 members (excludes halogenated alkanes) is 15. The first kappa shape index (κ1) is 50.3. The molecule has 1 N–H and O–H groups in total. The monoisotopic (exact) mass is 735 g/mol. The van der Waals surface area contributed by atoms with Gasteiger partial charge in [0.2, 0.25) is 0 Å². The molecule has 0 saturated heterocycles. The third kappa shape index (κ3) is 43.6. The van der Waals surface area contributed by atoms with Crippen molar-refractivity contribution in [3.8, 4) is 0 Å². The molecule has 0 spiro atoms. The van der Waals surface area contributed by atoms with Gasteiger partial charge < -0.3 is 14.6 Å². The average Bonchev–Trinajstić information content (AvgIpc) is 3.16. The standard InChI is InChI=1S/C49H82O4/c1-3-5-7-9-11-13-15-17-19-21-22-23-24-25-26-27-28-29-30-32-34-36-38-40-42-44-49(51)53-48(46-50)47-52-45-43-41-39-37-35-33-31-20-18-16-14-12-10-8-6-4-2/h5,7,11-14,17-20,22-23,25-26,28-29,48,50H,3-4,6,8-10,15-16,21,24,27,30-47H2,1-2H3/b7-5-,13-11-,14-12-,19-17-,20-18-,23-22-,26-25-,29-28-. The Balaban J connectivity index is 3.55. The molecule has 0 radical (unpaired) electrons. The van der Waals surface area contributed by atoms with E-state index in [1.807, 2.05) is 0 Å². The summed E-state index contributed by atoms with van der Waals surface area (Å²) in [6.07, 6.45) is 64.6. The van der Waals surface area contributed by atoms with E-state index < -0.39 is 6.10 Å². The highest BCUT2D eigenvalue weighted by molar-refractivity contribution is 5.69. The van der Waals surface area contributed by atoms with Crippen LogP contribution >= 0.6 is 0 Å². The summed E-state index contributed by atoms with van der Waals surface area (Å²) in [5.74, 6) is -0.223. The summed E-state index contributed by atoms with van der Waals surface area (Å²) in [7, 11) is 0. The number of carbonyl (C=O) groups is 1. The lowest BCUT2D eigenvalue weighted by Crippen LogP contribution is -2.27. The van der Waals surface area contributed by atoms with E-state index in [-0.39, 0.29) is 19.2 Å². The van der Waals surface area contributed by atoms with Gasteiger partial charge in [-0.15, -0.1) is 0 Å². The third-order valence-corrected chi connectivity index (χ3v) is 8.89. The second kappa shape index (κ2) is 45.5. The molecule has 302 valence electrons. The molecule has 0 heterocycles. The van der Waals surface area contributed by atoms with Crippen LogP contribution in [0, 0.1) is 0 Å². The van der Waals surface area contributed by atoms with Gasteiger partial charge >= 0.3 is 5.97 Å². The fraction of sp³-hybridized carbons (Fsp3) is 0.653. The summed E-state index contributed by atoms with van der Waals surface area (Å²) in [5.41, 5.74) is 0. The topological polar surface area (TPSA) is 55.8 Å². The number of aliphatic hydroxyl groups is 1. The molecule has 0 fully saturated rings. The normalized spacial score (nSPS) is 13.3. The second-order valence-electron chi connectivity index (χ2n) is 14.0. The number of hydrogen-bond acceptors (Lipinski definition) is 4. The van der Waals surface area contributed by atoms with Gasteiger partial charge in [-0.25, -0.2) is 0 Å². The first-order valence-corrected chi connectivity index (χ1v) is 21.8. The van der Waals surface area contributed by atoms with Crippen LogP contribution in [-0.2, 0) is 14.3 Å². The van der Waals surface area contributed by atoms with E-state index >= 15 is 0 Å². The molecule has 4 nitrogen and oxygen atoms in total. The van der Waals surface area contributed by atoms with Crippen molar-refractivity contribution in [2.45, 2.75) is 187 Å². The summed E-state index contributed by atoms with van der Waals surface area (Å²) < 4.78 is 11.1. The SMILES string of the molecule is CC/C=C\C/C=C\C/C=C\C/C=C\C/C=C\C/C=C\CCCCCCCCC(=O)OC(CO)COCCCCCCCC/C=C\C/C=C\CCCCC. The van der Waals surface area contributed by atoms with Crippen LogP contribution in [0.5, 0.6) is 0 Å². The molecular weight excluding hydrogens is 653 g/mol. The van der Waals surface area contributed by atoms with Crippen molar-refractivity contribution < 1.29 is 19.4 Å². The van der Waals surface area contributed by atoms with Crippen LogP contribution in [0.3, 0.4) is 0 Å². The molecular formula is C49H82O4. The molecule has 53 heavy (non-hydrogen) atoms. The van der Waals surface area contributed by atoms with Gasteiger partial charge in [0.1, 0.15) is 6.10 Å². The maximum absolute atomic E-state index is 12.2. The Morgan fingerprint density at radius 1 is 0.472 bits per heavy atom. The minimum atomic E-state index is -0.555. The van der Waals surface area contributed by atoms with E-state index in [9.17, 15) is 9.90 Å². The van der Waals surface area contributed by atoms with E-state index in [2.05, 4.69) is 111 Å². The van der Waals surface area contributed by atoms with Crippen molar-refractivity contribution >= 4 is 5.97 Å². The second-order valence-corrected chi connectivity index (χ2v) is 14.0. The summed E-state index contributed by atoms with van der Waals surface area (Å²) in [6.45, 7) is 5.15. The fourth-order valence-corrected chi connectivity index (χ4v) is 5.65. The fourth-order valence-electron chi connectivity index (χ4n) is 5.65. The van der Waals surface area contributed by atoms with E-state index in [4.69, 9.17) is 9.47 Å². The highest BCUT2D eigenvalue weighted by atomic mass is 16.6. The molecule has 0 amide bonds. The lowest BCUT2D eigenvalue weighted by molar-refractivity contribution is -0.154. The number of esters is 1. The Labute approximate surface area is 328 Å². The zero-order chi connectivity index (χ0) is 38.4. The Kier molecular flexibility index (Phi) is 43.2. The van der Waals surface area contributed by atoms with Crippen LogP contribution in [0.15, 0.2) is 97.2 Å². The van der Waals surface area contributed by atoms with E-state index in [1.54, 1.807) is 0 Å². The number of ether oxygens (including phenoxy) is 2. The summed E-state index contributed by atoms with van der Waals surface area (Å²) in [5, 5.41) is 9.60. The molecule has 1 atom stereocenters. The number of allylic oxidation sites excluding steroid dienone is 16. The zero-order valence-corrected chi connectivity index (χ0v) is 34.5. The van der Waals surface area contributed by atoms with Crippen LogP contribution in [0.2, 0.25) is 0 Å². The Hall–Kier alpha value is -2.69. The van der Waals surface area contributed by atoms with Crippen molar-refractivity contribution in [3.63, 3.8) is 0 Å². The number of carbonyl (C=O) groups excluding carboxylic acids is 1. The first-order chi connectivity index (χ1) is 26.2. The van der Waals surface area contributed by atoms with Crippen molar-refractivity contribution in [1.29, 1.82) is 0 Å². The van der Waals surface area contributed by atoms with Crippen LogP contribution in [0.1, 0.15) is 181 Å². The maximum atomic E-state index is 12.2. The van der Waals surface area contributed by atoms with E-state index in [0.29, 0.717) is 13.0 Å². The van der Waals surface area contributed by atoms with Gasteiger partial charge in [0.15, 0.2) is 0 Å². The minimum absolute atomic E-state index is 0.188. The lowest BCUT2D eigenvalue weighted by atomic mass is 10.1. The van der Waals surface area contributed by atoms with Crippen LogP contribution in [0.4, 0.5) is 0 Å². The Morgan fingerprint density at radius 3 is 1.28 bits per heavy atom. The van der Waals surface area contributed by atoms with Crippen molar-refractivity contribution in [1.82, 2.24) is 0 Å². The predicted octanol–water partition coefficient (Wildman–Crippen LogP) is 14.5. The molecule has 0 bridgehead atoms. The van der Waals surface area contributed by atoms with Gasteiger partial charge in [-0.05, 0) is 96.3 Å². The van der Waals surface area contributed by atoms with Gasteiger partial charge in [0.05, 0.1) is 13.2 Å². The molecule has 0 aliphatic rings. The highest BCUT2D eigenvalue weighted by Gasteiger charge is 2.13. The average molecular weight is 735 g/mol. The van der Waals surface area contributed by atoms with Crippen molar-refractivity contribution in [3.05, 3.63) is 97.2 Å². The smallest absolute Gasteiger partial charge is 0.306 e. The maximum Gasteiger partial charge on any atom is 0.306 e. The Bertz CT molecular complexity index is 996. The number of aliphatic hydroxyl groups excluding tert-OH is 1. The van der Waals surface area contributed by atoms with Crippen LogP contribution in [-0.4, -0.2) is 37.0 Å². The van der Waals surface area contributed by atoms with Gasteiger partial charge in [-0.3, -0.25) is 4.79 Å². The van der Waals surface area contributed by atoms with Crippen molar-refractivity contribution in [2.75, 3.05) is 19.8 Å². The molecule has 4 heteroatoms. The van der Waals surface area contributed by atoms with Gasteiger partial charge in [-0.2, -0.15) is 0 Å². The molecule has 0 aromatic carbocycles. The molecule has 0 saturated carbocycles. The van der Waals surface area contributed by atoms with Gasteiger partial charge in [0, 0.05) is 13.0 Å². The quantitative estimate of drug-likeness (QED) is 0.0388. The minimum Gasteiger partial charge on any atom is -0.457 e. The predicted molar refractivity (Wildman–Crippen MR) is 232 cm³/mol. The van der Waals surface area contributed by atoms with E-state index in [1.165, 1.54) is 77.0 Å². The lowest BCUT2D eigenvalue weighted by Gasteiger charge is -2.15. The van der Waals surface area contributed by atoms with E-state index in [0.717, 1.165) is 83.5 Å². The zero-order valence-electron chi connectivity index (χ0n) is 34.5. The molecule has 0 aromatic rings.